The largest absolute Gasteiger partial charge is 2.00 e. The molecule has 4 aromatic heterocycles. The Kier molecular flexibility index (Phi) is 12.6. The topological polar surface area (TPSA) is 196 Å². The number of aromatic hydroxyl groups is 2. The van der Waals surface area contributed by atoms with E-state index in [1.54, 1.807) is 39.8 Å². The van der Waals surface area contributed by atoms with Crippen molar-refractivity contribution in [3.8, 4) is 11.8 Å². The molecule has 16 nitrogen and oxygen atoms in total. The predicted octanol–water partition coefficient (Wildman–Crippen LogP) is 5.67. The van der Waals surface area contributed by atoms with E-state index in [9.17, 15) is 19.8 Å². The quantitative estimate of drug-likeness (QED) is 0.133. The van der Waals surface area contributed by atoms with Crippen LogP contribution >= 0.6 is 24.4 Å². The SMILES string of the molecule is CCn1c(O)c(N=Nc2cc(C)on2)c(=O)n(CC)c1=S.CCn1c(O)c(N=Nc2cc(C)on2)c(=O)n(CC)c1=S.[Ni+2]. The second-order valence-electron chi connectivity index (χ2n) is 8.49. The number of azo groups is 2. The Balaban J connectivity index is 0.000000293. The van der Waals surface area contributed by atoms with Gasteiger partial charge in [0.15, 0.2) is 9.54 Å². The number of rotatable bonds is 8. The number of aromatic nitrogens is 6. The first kappa shape index (κ1) is 35.1. The molecule has 0 aliphatic heterocycles. The number of hydrogen-bond acceptors (Lipinski definition) is 14. The van der Waals surface area contributed by atoms with Crippen molar-refractivity contribution >= 4 is 47.4 Å². The minimum Gasteiger partial charge on any atom is -0.493 e. The van der Waals surface area contributed by atoms with Crippen molar-refractivity contribution in [2.24, 2.45) is 20.5 Å². The molecule has 0 aromatic carbocycles. The fourth-order valence-corrected chi connectivity index (χ4v) is 4.51. The summed E-state index contributed by atoms with van der Waals surface area (Å²) in [5.41, 5.74) is -1.33. The smallest absolute Gasteiger partial charge is 0.493 e. The van der Waals surface area contributed by atoms with Crippen LogP contribution in [0.15, 0.2) is 51.2 Å². The van der Waals surface area contributed by atoms with Gasteiger partial charge in [0.2, 0.25) is 34.8 Å². The average Bonchev–Trinajstić information content (AvgIpc) is 3.57. The summed E-state index contributed by atoms with van der Waals surface area (Å²) in [6, 6.07) is 3.13. The van der Waals surface area contributed by atoms with E-state index >= 15 is 0 Å². The second-order valence-corrected chi connectivity index (χ2v) is 9.22. The first-order valence-corrected chi connectivity index (χ1v) is 13.6. The molecule has 0 fully saturated rings. The van der Waals surface area contributed by atoms with Crippen LogP contribution in [0.4, 0.5) is 23.0 Å². The molecule has 2 N–H and O–H groups in total. The molecule has 0 atom stereocenters. The molecular weight excluding hydrogens is 647 g/mol. The van der Waals surface area contributed by atoms with Crippen LogP contribution in [0.3, 0.4) is 0 Å². The van der Waals surface area contributed by atoms with Crippen LogP contribution in [-0.4, -0.2) is 38.8 Å². The molecule has 0 amide bonds. The van der Waals surface area contributed by atoms with E-state index in [1.807, 2.05) is 13.8 Å². The van der Waals surface area contributed by atoms with Crippen LogP contribution in [-0.2, 0) is 42.7 Å². The molecule has 232 valence electrons. The van der Waals surface area contributed by atoms with Crippen molar-refractivity contribution < 1.29 is 35.8 Å². The molecule has 0 saturated heterocycles. The van der Waals surface area contributed by atoms with Crippen LogP contribution in [0.25, 0.3) is 0 Å². The van der Waals surface area contributed by atoms with Gasteiger partial charge in [-0.05, 0) is 66.0 Å². The number of nitrogens with zero attached hydrogens (tertiary/aromatic N) is 10. The molecule has 0 saturated carbocycles. The van der Waals surface area contributed by atoms with Crippen LogP contribution in [0.2, 0.25) is 0 Å². The summed E-state index contributed by atoms with van der Waals surface area (Å²) in [7, 11) is 0. The van der Waals surface area contributed by atoms with E-state index in [0.717, 1.165) is 0 Å². The summed E-state index contributed by atoms with van der Waals surface area (Å²) in [4.78, 5) is 24.5. The minimum absolute atomic E-state index is 0. The van der Waals surface area contributed by atoms with Crippen LogP contribution in [0.1, 0.15) is 39.2 Å². The van der Waals surface area contributed by atoms with E-state index in [1.165, 1.54) is 18.3 Å². The van der Waals surface area contributed by atoms with Crippen molar-refractivity contribution in [3.05, 3.63) is 53.9 Å². The molecule has 0 spiro atoms. The molecule has 19 heteroatoms. The van der Waals surface area contributed by atoms with Crippen LogP contribution in [0, 0.1) is 23.4 Å². The Morgan fingerprint density at radius 2 is 1.00 bits per heavy atom. The molecular formula is C24H30N10NiO6S2+2. The Hall–Kier alpha value is -4.09. The predicted molar refractivity (Wildman–Crippen MR) is 156 cm³/mol. The van der Waals surface area contributed by atoms with E-state index < -0.39 is 11.1 Å². The Morgan fingerprint density at radius 3 is 1.26 bits per heavy atom. The van der Waals surface area contributed by atoms with Crippen LogP contribution < -0.4 is 11.1 Å². The van der Waals surface area contributed by atoms with Gasteiger partial charge in [-0.3, -0.25) is 27.9 Å². The molecule has 0 unspecified atom stereocenters. The Labute approximate surface area is 264 Å². The van der Waals surface area contributed by atoms with E-state index in [-0.39, 0.29) is 60.8 Å². The summed E-state index contributed by atoms with van der Waals surface area (Å²) in [6.07, 6.45) is 0. The third kappa shape index (κ3) is 7.66. The molecule has 4 rings (SSSR count). The van der Waals surface area contributed by atoms with Gasteiger partial charge >= 0.3 is 16.5 Å². The van der Waals surface area contributed by atoms with Gasteiger partial charge < -0.3 is 19.3 Å². The summed E-state index contributed by atoms with van der Waals surface area (Å²) >= 11 is 10.3. The van der Waals surface area contributed by atoms with Gasteiger partial charge in [0.1, 0.15) is 11.5 Å². The molecule has 0 aliphatic carbocycles. The van der Waals surface area contributed by atoms with E-state index in [2.05, 4.69) is 30.8 Å². The zero-order valence-corrected chi connectivity index (χ0v) is 26.7. The van der Waals surface area contributed by atoms with Gasteiger partial charge in [-0.15, -0.1) is 20.5 Å². The molecule has 0 aliphatic rings. The third-order valence-corrected chi connectivity index (χ3v) is 6.64. The standard InChI is InChI=1S/2C12H15N5O3S.Ni/c2*1-4-16-10(18)9(11(19)17(5-2)12(16)21)14-13-8-6-7(3)20-15-8;/h2*6,18H,4-5H2,1-3H3;/q;;+2. The molecule has 0 radical (unpaired) electrons. The van der Waals surface area contributed by atoms with Crippen molar-refractivity contribution in [1.29, 1.82) is 0 Å². The van der Waals surface area contributed by atoms with E-state index in [4.69, 9.17) is 33.5 Å². The maximum absolute atomic E-state index is 12.3. The summed E-state index contributed by atoms with van der Waals surface area (Å²) < 4.78 is 15.7. The maximum Gasteiger partial charge on any atom is 2.00 e. The Bertz CT molecular complexity index is 1750. The summed E-state index contributed by atoms with van der Waals surface area (Å²) in [5.74, 6) is 0.981. The maximum atomic E-state index is 12.3. The zero-order valence-electron chi connectivity index (χ0n) is 24.1. The van der Waals surface area contributed by atoms with Gasteiger partial charge in [-0.25, -0.2) is 0 Å². The van der Waals surface area contributed by atoms with Crippen molar-refractivity contribution in [2.75, 3.05) is 0 Å². The fourth-order valence-electron chi connectivity index (χ4n) is 3.65. The molecule has 4 heterocycles. The first-order valence-electron chi connectivity index (χ1n) is 12.8. The monoisotopic (exact) mass is 676 g/mol. The normalized spacial score (nSPS) is 11.1. The average molecular weight is 677 g/mol. The molecule has 4 aromatic rings. The fraction of sp³-hybridized carbons (Fsp3) is 0.417. The zero-order chi connectivity index (χ0) is 31.1. The molecule has 0 bridgehead atoms. The number of aryl methyl sites for hydroxylation is 2. The van der Waals surface area contributed by atoms with Gasteiger partial charge in [0.05, 0.1) is 0 Å². The second kappa shape index (κ2) is 15.4. The van der Waals surface area contributed by atoms with E-state index in [0.29, 0.717) is 37.7 Å². The summed E-state index contributed by atoms with van der Waals surface area (Å²) in [6.45, 7) is 12.2. The third-order valence-electron chi connectivity index (χ3n) is 5.75. The van der Waals surface area contributed by atoms with Crippen LogP contribution in [0.5, 0.6) is 11.8 Å². The van der Waals surface area contributed by atoms with Gasteiger partial charge in [-0.1, -0.05) is 10.3 Å². The van der Waals surface area contributed by atoms with Crippen molar-refractivity contribution in [3.63, 3.8) is 0 Å². The first-order chi connectivity index (χ1) is 20.0. The minimum atomic E-state index is -0.492. The number of hydrogen-bond donors (Lipinski definition) is 2. The molecule has 43 heavy (non-hydrogen) atoms. The van der Waals surface area contributed by atoms with Gasteiger partial charge in [0, 0.05) is 38.3 Å². The Morgan fingerprint density at radius 1 is 0.674 bits per heavy atom. The van der Waals surface area contributed by atoms with Crippen molar-refractivity contribution in [1.82, 2.24) is 28.6 Å². The summed E-state index contributed by atoms with van der Waals surface area (Å²) in [5, 5.41) is 42.8. The van der Waals surface area contributed by atoms with Gasteiger partial charge in [-0.2, -0.15) is 0 Å². The van der Waals surface area contributed by atoms with Crippen molar-refractivity contribution in [2.45, 2.75) is 67.7 Å². The van der Waals surface area contributed by atoms with Gasteiger partial charge in [0.25, 0.3) is 11.1 Å².